The third kappa shape index (κ3) is 2.90. The zero-order valence-electron chi connectivity index (χ0n) is 18.0. The molecule has 6 nitrogen and oxygen atoms in total. The average Bonchev–Trinajstić information content (AvgIpc) is 2.64. The number of hydrogen-bond acceptors (Lipinski definition) is 5. The Labute approximate surface area is 174 Å². The molecule has 0 bridgehead atoms. The van der Waals surface area contributed by atoms with Gasteiger partial charge >= 0.3 is 11.7 Å². The van der Waals surface area contributed by atoms with E-state index in [1.807, 2.05) is 18.2 Å². The Balaban J connectivity index is 2.07. The van der Waals surface area contributed by atoms with Crippen LogP contribution in [0.3, 0.4) is 0 Å². The summed E-state index contributed by atoms with van der Waals surface area (Å²) in [4.78, 5) is 40.8. The van der Waals surface area contributed by atoms with Gasteiger partial charge in [0, 0.05) is 22.3 Å². The van der Waals surface area contributed by atoms with E-state index in [1.54, 1.807) is 59.7 Å². The summed E-state index contributed by atoms with van der Waals surface area (Å²) in [6.07, 6.45) is -0.626. The SMILES string of the molecule is CC1C(=O)C(C)(C)N(C(=O)OC(C)(C)C)c2ccc3c(c21)c(=O)oc1ccccc13. The van der Waals surface area contributed by atoms with Crippen LogP contribution in [-0.4, -0.2) is 23.0 Å². The van der Waals surface area contributed by atoms with Crippen molar-refractivity contribution in [1.82, 2.24) is 0 Å². The molecule has 30 heavy (non-hydrogen) atoms. The molecule has 156 valence electrons. The minimum atomic E-state index is -1.13. The van der Waals surface area contributed by atoms with E-state index in [0.29, 0.717) is 27.6 Å². The summed E-state index contributed by atoms with van der Waals surface area (Å²) in [5.74, 6) is -0.748. The number of nitrogens with zero attached hydrogens (tertiary/aromatic N) is 1. The molecule has 0 fully saturated rings. The van der Waals surface area contributed by atoms with Crippen LogP contribution in [0, 0.1) is 0 Å². The van der Waals surface area contributed by atoms with Crippen LogP contribution in [-0.2, 0) is 9.53 Å². The molecular formula is C24H25NO5. The molecule has 0 spiro atoms. The number of Topliss-reactive ketones (excluding diaryl/α,β-unsaturated/α-hetero) is 1. The first-order valence-corrected chi connectivity index (χ1v) is 9.99. The lowest BCUT2D eigenvalue weighted by Crippen LogP contribution is -2.58. The fourth-order valence-corrected chi connectivity index (χ4v) is 4.32. The fraction of sp³-hybridized carbons (Fsp3) is 0.375. The van der Waals surface area contributed by atoms with E-state index in [2.05, 4.69) is 0 Å². The molecule has 1 aliphatic rings. The van der Waals surface area contributed by atoms with Crippen molar-refractivity contribution in [3.63, 3.8) is 0 Å². The summed E-state index contributed by atoms with van der Waals surface area (Å²) in [7, 11) is 0. The fourth-order valence-electron chi connectivity index (χ4n) is 4.32. The Morgan fingerprint density at radius 1 is 1.07 bits per heavy atom. The van der Waals surface area contributed by atoms with Crippen LogP contribution in [0.2, 0.25) is 0 Å². The molecular weight excluding hydrogens is 382 g/mol. The molecule has 1 aromatic heterocycles. The van der Waals surface area contributed by atoms with E-state index < -0.39 is 28.8 Å². The number of carbonyl (C=O) groups is 2. The van der Waals surface area contributed by atoms with Gasteiger partial charge in [-0.15, -0.1) is 0 Å². The van der Waals surface area contributed by atoms with Crippen LogP contribution in [0.4, 0.5) is 10.5 Å². The monoisotopic (exact) mass is 407 g/mol. The maximum atomic E-state index is 13.3. The van der Waals surface area contributed by atoms with Crippen LogP contribution in [0.15, 0.2) is 45.6 Å². The van der Waals surface area contributed by atoms with Crippen LogP contribution < -0.4 is 10.5 Å². The number of anilines is 1. The van der Waals surface area contributed by atoms with Crippen LogP contribution in [0.5, 0.6) is 0 Å². The topological polar surface area (TPSA) is 76.8 Å². The molecule has 1 aliphatic heterocycles. The standard InChI is InChI=1S/C24H25NO5/c1-13-18-16(25(24(5,6)20(13)26)22(28)30-23(2,3)4)12-11-15-14-9-7-8-10-17(14)29-21(27)19(15)18/h7-13H,1-6H3. The molecule has 6 heteroatoms. The van der Waals surface area contributed by atoms with Gasteiger partial charge in [0.1, 0.15) is 16.7 Å². The Morgan fingerprint density at radius 3 is 2.40 bits per heavy atom. The molecule has 3 aromatic rings. The molecule has 0 aliphatic carbocycles. The van der Waals surface area contributed by atoms with Crippen molar-refractivity contribution in [2.75, 3.05) is 4.90 Å². The zero-order valence-corrected chi connectivity index (χ0v) is 18.0. The number of fused-ring (bicyclic) bond motifs is 5. The van der Waals surface area contributed by atoms with E-state index in [4.69, 9.17) is 9.15 Å². The summed E-state index contributed by atoms with van der Waals surface area (Å²) in [5, 5.41) is 1.81. The normalized spacial score (nSPS) is 18.5. The minimum absolute atomic E-state index is 0.166. The smallest absolute Gasteiger partial charge is 0.415 e. The van der Waals surface area contributed by atoms with Gasteiger partial charge in [0.2, 0.25) is 0 Å². The predicted molar refractivity (Wildman–Crippen MR) is 116 cm³/mol. The number of ketones is 1. The molecule has 4 rings (SSSR count). The Kier molecular flexibility index (Phi) is 4.31. The summed E-state index contributed by atoms with van der Waals surface area (Å²) < 4.78 is 11.2. The van der Waals surface area contributed by atoms with Gasteiger partial charge in [-0.05, 0) is 46.8 Å². The van der Waals surface area contributed by atoms with Crippen molar-refractivity contribution >= 4 is 39.3 Å². The van der Waals surface area contributed by atoms with Crippen molar-refractivity contribution in [2.24, 2.45) is 0 Å². The lowest BCUT2D eigenvalue weighted by Gasteiger charge is -2.44. The number of carbonyl (C=O) groups excluding carboxylic acids is 2. The zero-order chi connectivity index (χ0) is 22.0. The van der Waals surface area contributed by atoms with E-state index in [9.17, 15) is 14.4 Å². The van der Waals surface area contributed by atoms with Gasteiger partial charge in [-0.25, -0.2) is 9.59 Å². The number of benzene rings is 2. The van der Waals surface area contributed by atoms with Gasteiger partial charge in [-0.1, -0.05) is 31.2 Å². The highest BCUT2D eigenvalue weighted by Crippen LogP contribution is 2.45. The molecule has 0 radical (unpaired) electrons. The Morgan fingerprint density at radius 2 is 1.73 bits per heavy atom. The van der Waals surface area contributed by atoms with Gasteiger partial charge in [0.05, 0.1) is 11.1 Å². The summed E-state index contributed by atoms with van der Waals surface area (Å²) in [5.41, 5.74) is -0.901. The minimum Gasteiger partial charge on any atom is -0.443 e. The highest BCUT2D eigenvalue weighted by Gasteiger charge is 2.49. The summed E-state index contributed by atoms with van der Waals surface area (Å²) in [6.45, 7) is 10.5. The van der Waals surface area contributed by atoms with Gasteiger partial charge in [0.15, 0.2) is 5.78 Å². The van der Waals surface area contributed by atoms with Crippen molar-refractivity contribution < 1.29 is 18.7 Å². The summed E-state index contributed by atoms with van der Waals surface area (Å²) >= 11 is 0. The molecule has 0 N–H and O–H groups in total. The number of hydrogen-bond donors (Lipinski definition) is 0. The number of rotatable bonds is 0. The first-order valence-electron chi connectivity index (χ1n) is 9.99. The Bertz CT molecular complexity index is 1260. The second-order valence-electron chi connectivity index (χ2n) is 9.27. The highest BCUT2D eigenvalue weighted by molar-refractivity contribution is 6.14. The number of ether oxygens (including phenoxy) is 1. The van der Waals surface area contributed by atoms with Gasteiger partial charge in [0.25, 0.3) is 0 Å². The molecule has 2 heterocycles. The second-order valence-corrected chi connectivity index (χ2v) is 9.27. The molecule has 2 aromatic carbocycles. The second kappa shape index (κ2) is 6.42. The lowest BCUT2D eigenvalue weighted by atomic mass is 9.77. The molecule has 0 saturated heterocycles. The maximum Gasteiger partial charge on any atom is 0.415 e. The lowest BCUT2D eigenvalue weighted by molar-refractivity contribution is -0.124. The predicted octanol–water partition coefficient (Wildman–Crippen LogP) is 5.15. The quantitative estimate of drug-likeness (QED) is 0.380. The third-order valence-corrected chi connectivity index (χ3v) is 5.61. The van der Waals surface area contributed by atoms with Gasteiger partial charge < -0.3 is 9.15 Å². The van der Waals surface area contributed by atoms with Crippen molar-refractivity contribution in [1.29, 1.82) is 0 Å². The van der Waals surface area contributed by atoms with E-state index in [0.717, 1.165) is 5.39 Å². The highest BCUT2D eigenvalue weighted by atomic mass is 16.6. The van der Waals surface area contributed by atoms with Gasteiger partial charge in [-0.3, -0.25) is 9.69 Å². The Hall–Kier alpha value is -3.15. The van der Waals surface area contributed by atoms with Crippen molar-refractivity contribution in [3.05, 3.63) is 52.4 Å². The molecule has 1 atom stereocenters. The van der Waals surface area contributed by atoms with Crippen molar-refractivity contribution in [2.45, 2.75) is 58.6 Å². The van der Waals surface area contributed by atoms with E-state index in [1.165, 1.54) is 4.90 Å². The van der Waals surface area contributed by atoms with E-state index in [-0.39, 0.29) is 5.78 Å². The maximum absolute atomic E-state index is 13.3. The number of amides is 1. The van der Waals surface area contributed by atoms with Crippen LogP contribution >= 0.6 is 0 Å². The average molecular weight is 407 g/mol. The third-order valence-electron chi connectivity index (χ3n) is 5.61. The first-order chi connectivity index (χ1) is 13.9. The molecule has 0 saturated carbocycles. The van der Waals surface area contributed by atoms with Crippen molar-refractivity contribution in [3.8, 4) is 0 Å². The largest absolute Gasteiger partial charge is 0.443 e. The number of para-hydroxylation sites is 1. The van der Waals surface area contributed by atoms with Gasteiger partial charge in [-0.2, -0.15) is 0 Å². The van der Waals surface area contributed by atoms with E-state index >= 15 is 0 Å². The molecule has 1 amide bonds. The summed E-state index contributed by atoms with van der Waals surface area (Å²) in [6, 6.07) is 10.9. The van der Waals surface area contributed by atoms with Crippen LogP contribution in [0.1, 0.15) is 53.0 Å². The van der Waals surface area contributed by atoms with Crippen LogP contribution in [0.25, 0.3) is 21.7 Å². The molecule has 1 unspecified atom stereocenters. The first kappa shape index (κ1) is 20.1.